The number of hydrogen-bond donors (Lipinski definition) is 3. The predicted octanol–water partition coefficient (Wildman–Crippen LogP) is 7.08. The maximum atomic E-state index is 13.6. The van der Waals surface area contributed by atoms with Gasteiger partial charge in [0.05, 0.1) is 12.1 Å². The van der Waals surface area contributed by atoms with Crippen LogP contribution in [0.4, 0.5) is 0 Å². The third kappa shape index (κ3) is 6.84. The maximum absolute atomic E-state index is 13.6. The van der Waals surface area contributed by atoms with Crippen molar-refractivity contribution in [2.45, 2.75) is 72.1 Å². The molecule has 1 unspecified atom stereocenters. The number of rotatable bonds is 7. The number of hydrogen-bond acceptors (Lipinski definition) is 4. The molecule has 7 heteroatoms. The van der Waals surface area contributed by atoms with E-state index in [1.54, 1.807) is 36.4 Å². The molecule has 6 nitrogen and oxygen atoms in total. The van der Waals surface area contributed by atoms with Crippen molar-refractivity contribution >= 4 is 36.1 Å². The minimum atomic E-state index is -0.972. The molecule has 1 saturated heterocycles. The number of nitrogens with zero attached hydrogens (tertiary/aromatic N) is 1. The van der Waals surface area contributed by atoms with Crippen LogP contribution in [0.2, 0.25) is 0 Å². The normalized spacial score (nSPS) is 17.0. The van der Waals surface area contributed by atoms with Crippen LogP contribution in [0.1, 0.15) is 98.7 Å². The van der Waals surface area contributed by atoms with Crippen molar-refractivity contribution in [1.29, 1.82) is 5.41 Å². The van der Waals surface area contributed by atoms with Gasteiger partial charge in [0.1, 0.15) is 11.6 Å². The molecule has 1 fully saturated rings. The number of amidine groups is 1. The fourth-order valence-corrected chi connectivity index (χ4v) is 4.86. The number of phenols is 1. The van der Waals surface area contributed by atoms with Crippen molar-refractivity contribution in [3.8, 4) is 5.75 Å². The molecule has 0 amide bonds. The zero-order valence-corrected chi connectivity index (χ0v) is 24.3. The van der Waals surface area contributed by atoms with Crippen molar-refractivity contribution < 1.29 is 19.8 Å². The number of halogens is 1. The number of nitrogens with one attached hydrogen (secondary N) is 1. The van der Waals surface area contributed by atoms with E-state index in [1.807, 2.05) is 52.5 Å². The first kappa shape index (κ1) is 31.1. The van der Waals surface area contributed by atoms with Gasteiger partial charge >= 0.3 is 5.97 Å². The van der Waals surface area contributed by atoms with Crippen molar-refractivity contribution in [1.82, 2.24) is 4.90 Å². The van der Waals surface area contributed by atoms with Crippen molar-refractivity contribution in [3.63, 3.8) is 0 Å². The number of likely N-dealkylation sites (tertiary alicyclic amines) is 1. The van der Waals surface area contributed by atoms with Crippen LogP contribution >= 0.6 is 12.4 Å². The first-order chi connectivity index (χ1) is 17.1. The van der Waals surface area contributed by atoms with Crippen LogP contribution in [0.5, 0.6) is 5.75 Å². The van der Waals surface area contributed by atoms with E-state index in [1.165, 1.54) is 0 Å². The monoisotopic (exact) mass is 540 g/mol. The SMILES string of the molecule is CCCC1CN(CC(=O)c2cc(C(C)(C)C)c(O)c(C(C)(C)C)c2)C(=N)/C1=C/c1ccc(C(=O)O)cc1.Cl. The lowest BCUT2D eigenvalue weighted by atomic mass is 9.78. The second kappa shape index (κ2) is 11.7. The van der Waals surface area contributed by atoms with Gasteiger partial charge in [-0.15, -0.1) is 12.4 Å². The fraction of sp³-hybridized carbons (Fsp3) is 0.452. The summed E-state index contributed by atoms with van der Waals surface area (Å²) in [5.74, 6) is -0.352. The Kier molecular flexibility index (Phi) is 9.60. The average molecular weight is 541 g/mol. The van der Waals surface area contributed by atoms with E-state index in [0.717, 1.165) is 35.1 Å². The van der Waals surface area contributed by atoms with Crippen molar-refractivity contribution in [2.24, 2.45) is 5.92 Å². The van der Waals surface area contributed by atoms with Gasteiger partial charge in [-0.3, -0.25) is 10.2 Å². The first-order valence-corrected chi connectivity index (χ1v) is 12.9. The molecule has 1 atom stereocenters. The number of Topliss-reactive ketones (excluding diaryl/α,β-unsaturated/α-hetero) is 1. The minimum absolute atomic E-state index is 0. The van der Waals surface area contributed by atoms with Crippen molar-refractivity contribution in [2.75, 3.05) is 13.1 Å². The lowest BCUT2D eigenvalue weighted by Gasteiger charge is -2.28. The molecule has 0 aromatic heterocycles. The molecule has 3 N–H and O–H groups in total. The number of ketones is 1. The van der Waals surface area contributed by atoms with Crippen LogP contribution in [0.3, 0.4) is 0 Å². The van der Waals surface area contributed by atoms with Crippen LogP contribution in [0.15, 0.2) is 42.0 Å². The molecule has 1 aliphatic heterocycles. The number of aromatic carboxylic acids is 1. The molecule has 2 aromatic carbocycles. The summed E-state index contributed by atoms with van der Waals surface area (Å²) in [6.45, 7) is 14.9. The van der Waals surface area contributed by atoms with Crippen LogP contribution in [-0.4, -0.2) is 45.8 Å². The Bertz CT molecular complexity index is 1200. The number of aromatic hydroxyl groups is 1. The van der Waals surface area contributed by atoms with Gasteiger partial charge in [-0.05, 0) is 58.7 Å². The Morgan fingerprint density at radius 3 is 1.97 bits per heavy atom. The summed E-state index contributed by atoms with van der Waals surface area (Å²) in [6.07, 6.45) is 3.79. The second-order valence-corrected chi connectivity index (χ2v) is 12.1. The van der Waals surface area contributed by atoms with Crippen molar-refractivity contribution in [3.05, 3.63) is 69.8 Å². The third-order valence-electron chi connectivity index (χ3n) is 6.97. The molecular weight excluding hydrogens is 500 g/mol. The van der Waals surface area contributed by atoms with E-state index >= 15 is 0 Å². The Hall–Kier alpha value is -3.12. The van der Waals surface area contributed by atoms with Gasteiger partial charge in [0.25, 0.3) is 0 Å². The summed E-state index contributed by atoms with van der Waals surface area (Å²) < 4.78 is 0. The molecule has 0 bridgehead atoms. The highest BCUT2D eigenvalue weighted by Gasteiger charge is 2.34. The van der Waals surface area contributed by atoms with E-state index in [2.05, 4.69) is 6.92 Å². The van der Waals surface area contributed by atoms with Gasteiger partial charge in [0, 0.05) is 29.2 Å². The predicted molar refractivity (Wildman–Crippen MR) is 156 cm³/mol. The van der Waals surface area contributed by atoms with Gasteiger partial charge in [-0.1, -0.05) is 67.0 Å². The molecule has 0 spiro atoms. The molecule has 38 heavy (non-hydrogen) atoms. The molecule has 0 radical (unpaired) electrons. The van der Waals surface area contributed by atoms with Gasteiger partial charge in [-0.25, -0.2) is 4.79 Å². The quantitative estimate of drug-likeness (QED) is 0.325. The van der Waals surface area contributed by atoms with E-state index in [9.17, 15) is 14.7 Å². The zero-order chi connectivity index (χ0) is 27.7. The summed E-state index contributed by atoms with van der Waals surface area (Å²) in [4.78, 5) is 26.6. The van der Waals surface area contributed by atoms with E-state index in [-0.39, 0.29) is 52.8 Å². The Morgan fingerprint density at radius 1 is 1.00 bits per heavy atom. The van der Waals surface area contributed by atoms with Gasteiger partial charge in [-0.2, -0.15) is 0 Å². The van der Waals surface area contributed by atoms with E-state index in [0.29, 0.717) is 17.9 Å². The van der Waals surface area contributed by atoms with Crippen LogP contribution in [0, 0.1) is 11.3 Å². The summed E-state index contributed by atoms with van der Waals surface area (Å²) >= 11 is 0. The average Bonchev–Trinajstić information content (AvgIpc) is 3.07. The van der Waals surface area contributed by atoms with Gasteiger partial charge in [0.2, 0.25) is 0 Å². The molecule has 0 aliphatic carbocycles. The number of benzene rings is 2. The van der Waals surface area contributed by atoms with Crippen LogP contribution in [-0.2, 0) is 10.8 Å². The van der Waals surface area contributed by atoms with E-state index < -0.39 is 5.97 Å². The zero-order valence-electron chi connectivity index (χ0n) is 23.5. The summed E-state index contributed by atoms with van der Waals surface area (Å²) in [5, 5.41) is 29.1. The standard InChI is InChI=1S/C31H40N2O4.ClH/c1-8-9-21-17-33(28(32)23(21)14-19-10-12-20(13-11-19)29(36)37)18-26(34)22-15-24(30(2,3)4)27(35)25(16-22)31(5,6)7;/h10-16,21,32,35H,8-9,17-18H2,1-7H3,(H,36,37);1H/b23-14+,32-28?;. The lowest BCUT2D eigenvalue weighted by Crippen LogP contribution is -2.31. The Balaban J connectivity index is 0.00000507. The van der Waals surface area contributed by atoms with Gasteiger partial charge < -0.3 is 15.1 Å². The number of carboxylic acids is 1. The summed E-state index contributed by atoms with van der Waals surface area (Å²) in [5.41, 5.74) is 3.30. The first-order valence-electron chi connectivity index (χ1n) is 12.9. The minimum Gasteiger partial charge on any atom is -0.507 e. The number of carbonyl (C=O) groups excluding carboxylic acids is 1. The third-order valence-corrected chi connectivity index (χ3v) is 6.97. The topological polar surface area (TPSA) is 102 Å². The number of carbonyl (C=O) groups is 2. The van der Waals surface area contributed by atoms with Crippen LogP contribution < -0.4 is 0 Å². The molecular formula is C31H41ClN2O4. The van der Waals surface area contributed by atoms with Crippen LogP contribution in [0.25, 0.3) is 6.08 Å². The maximum Gasteiger partial charge on any atom is 0.335 e. The molecule has 3 rings (SSSR count). The lowest BCUT2D eigenvalue weighted by molar-refractivity contribution is 0.0696. The van der Waals surface area contributed by atoms with Gasteiger partial charge in [0.15, 0.2) is 5.78 Å². The second-order valence-electron chi connectivity index (χ2n) is 12.1. The smallest absolute Gasteiger partial charge is 0.335 e. The molecule has 0 saturated carbocycles. The molecule has 2 aromatic rings. The van der Waals surface area contributed by atoms with E-state index in [4.69, 9.17) is 10.5 Å². The molecule has 1 heterocycles. The Morgan fingerprint density at radius 2 is 1.53 bits per heavy atom. The highest BCUT2D eigenvalue weighted by atomic mass is 35.5. The Labute approximate surface area is 232 Å². The number of carboxylic acid groups (broad SMARTS) is 1. The highest BCUT2D eigenvalue weighted by molar-refractivity contribution is 6.06. The summed E-state index contributed by atoms with van der Waals surface area (Å²) in [6, 6.07) is 10.2. The molecule has 1 aliphatic rings. The summed E-state index contributed by atoms with van der Waals surface area (Å²) in [7, 11) is 0. The largest absolute Gasteiger partial charge is 0.507 e. The molecule has 206 valence electrons. The number of phenolic OH excluding ortho intramolecular Hbond substituents is 1. The fourth-order valence-electron chi connectivity index (χ4n) is 4.86. The highest BCUT2D eigenvalue weighted by Crippen LogP contribution is 2.40.